The van der Waals surface area contributed by atoms with Crippen LogP contribution in [0.1, 0.15) is 19.4 Å². The van der Waals surface area contributed by atoms with Crippen LogP contribution in [0.4, 0.5) is 4.39 Å². The fourth-order valence-electron chi connectivity index (χ4n) is 1.37. The molecule has 0 bridgehead atoms. The van der Waals surface area contributed by atoms with Gasteiger partial charge < -0.3 is 19.5 Å². The van der Waals surface area contributed by atoms with Crippen LogP contribution in [-0.4, -0.2) is 36.5 Å². The van der Waals surface area contributed by atoms with Crippen molar-refractivity contribution in [1.29, 1.82) is 0 Å². The van der Waals surface area contributed by atoms with E-state index in [-0.39, 0.29) is 18.2 Å². The Kier molecular flexibility index (Phi) is 6.28. The Hall–Kier alpha value is -0.945. The molecule has 1 aromatic rings. The average Bonchev–Trinajstić information content (AvgIpc) is 2.29. The minimum atomic E-state index is -1.66. The van der Waals surface area contributed by atoms with Gasteiger partial charge in [0.2, 0.25) is 0 Å². The molecule has 0 radical (unpaired) electrons. The van der Waals surface area contributed by atoms with Crippen molar-refractivity contribution in [1.82, 2.24) is 0 Å². The van der Waals surface area contributed by atoms with Gasteiger partial charge >= 0.3 is 7.12 Å². The summed E-state index contributed by atoms with van der Waals surface area (Å²) in [5.74, 6) is -0.509. The van der Waals surface area contributed by atoms with Gasteiger partial charge in [-0.05, 0) is 25.4 Å². The lowest BCUT2D eigenvalue weighted by atomic mass is 9.80. The zero-order chi connectivity index (χ0) is 13.5. The largest absolute Gasteiger partial charge is 0.488 e. The Bertz CT molecular complexity index is 371. The Balaban J connectivity index is 2.39. The van der Waals surface area contributed by atoms with E-state index in [2.05, 4.69) is 0 Å². The molecule has 1 rings (SSSR count). The Morgan fingerprint density at radius 2 is 2.00 bits per heavy atom. The van der Waals surface area contributed by atoms with Crippen molar-refractivity contribution >= 4 is 12.6 Å². The summed E-state index contributed by atoms with van der Waals surface area (Å²) in [6.07, 6.45) is 0.149. The molecule has 6 heteroatoms. The first-order valence-electron chi connectivity index (χ1n) is 5.84. The third-order valence-electron chi connectivity index (χ3n) is 2.31. The molecule has 0 fully saturated rings. The van der Waals surface area contributed by atoms with Gasteiger partial charge in [-0.25, -0.2) is 4.39 Å². The highest BCUT2D eigenvalue weighted by atomic mass is 19.1. The van der Waals surface area contributed by atoms with Crippen molar-refractivity contribution in [2.45, 2.75) is 26.6 Å². The van der Waals surface area contributed by atoms with Crippen molar-refractivity contribution in [3.63, 3.8) is 0 Å². The zero-order valence-corrected chi connectivity index (χ0v) is 10.6. The summed E-state index contributed by atoms with van der Waals surface area (Å²) in [6.45, 7) is 4.85. The second-order valence-electron chi connectivity index (χ2n) is 4.20. The maximum atomic E-state index is 13.5. The maximum absolute atomic E-state index is 13.5. The van der Waals surface area contributed by atoms with Crippen molar-refractivity contribution in [2.75, 3.05) is 13.2 Å². The first-order chi connectivity index (χ1) is 8.50. The highest BCUT2D eigenvalue weighted by Gasteiger charge is 2.13. The number of rotatable bonds is 7. The number of benzene rings is 1. The predicted molar refractivity (Wildman–Crippen MR) is 67.0 cm³/mol. The fourth-order valence-corrected chi connectivity index (χ4v) is 1.37. The van der Waals surface area contributed by atoms with Crippen molar-refractivity contribution in [2.24, 2.45) is 0 Å². The van der Waals surface area contributed by atoms with Gasteiger partial charge in [0.15, 0.2) is 0 Å². The van der Waals surface area contributed by atoms with E-state index in [1.807, 2.05) is 13.8 Å². The molecule has 0 unspecified atom stereocenters. The number of ether oxygens (including phenoxy) is 2. The predicted octanol–water partition coefficient (Wildman–Crippen LogP) is 0.447. The van der Waals surface area contributed by atoms with Gasteiger partial charge in [-0.2, -0.15) is 0 Å². The van der Waals surface area contributed by atoms with Gasteiger partial charge in [0, 0.05) is 5.56 Å². The van der Waals surface area contributed by atoms with E-state index in [1.54, 1.807) is 0 Å². The molecule has 0 aliphatic rings. The molecule has 0 saturated carbocycles. The van der Waals surface area contributed by atoms with Crippen LogP contribution in [0, 0.1) is 5.82 Å². The minimum absolute atomic E-state index is 0.124. The van der Waals surface area contributed by atoms with E-state index >= 15 is 0 Å². The second-order valence-corrected chi connectivity index (χ2v) is 4.20. The van der Waals surface area contributed by atoms with Gasteiger partial charge in [0.05, 0.1) is 25.9 Å². The molecule has 2 N–H and O–H groups in total. The maximum Gasteiger partial charge on any atom is 0.488 e. The van der Waals surface area contributed by atoms with Gasteiger partial charge in [-0.3, -0.25) is 0 Å². The molecule has 0 spiro atoms. The molecular formula is C12H18BFO4. The number of hydrogen-bond acceptors (Lipinski definition) is 4. The Morgan fingerprint density at radius 1 is 1.28 bits per heavy atom. The van der Waals surface area contributed by atoms with Crippen LogP contribution in [0.5, 0.6) is 0 Å². The molecule has 18 heavy (non-hydrogen) atoms. The normalized spacial score (nSPS) is 11.0. The van der Waals surface area contributed by atoms with Crippen LogP contribution in [-0.2, 0) is 16.1 Å². The Morgan fingerprint density at radius 3 is 2.56 bits per heavy atom. The van der Waals surface area contributed by atoms with Gasteiger partial charge in [0.25, 0.3) is 0 Å². The molecule has 0 atom stereocenters. The van der Waals surface area contributed by atoms with Gasteiger partial charge in [-0.15, -0.1) is 0 Å². The van der Waals surface area contributed by atoms with E-state index < -0.39 is 12.9 Å². The molecule has 1 aromatic carbocycles. The van der Waals surface area contributed by atoms with Crippen molar-refractivity contribution in [3.8, 4) is 0 Å². The van der Waals surface area contributed by atoms with E-state index in [9.17, 15) is 4.39 Å². The Labute approximate surface area is 106 Å². The van der Waals surface area contributed by atoms with Crippen molar-refractivity contribution in [3.05, 3.63) is 29.6 Å². The van der Waals surface area contributed by atoms with Crippen LogP contribution in [0.25, 0.3) is 0 Å². The second kappa shape index (κ2) is 7.48. The van der Waals surface area contributed by atoms with E-state index in [4.69, 9.17) is 19.5 Å². The smallest absolute Gasteiger partial charge is 0.423 e. The summed E-state index contributed by atoms with van der Waals surface area (Å²) in [5, 5.41) is 17.8. The number of halogens is 1. The standard InChI is InChI=1S/C12H18BFO4/c1-9(2)18-6-5-17-8-10-3-4-11(13(15)16)7-12(10)14/h3-4,7,9,15-16H,5-6,8H2,1-2H3. The van der Waals surface area contributed by atoms with E-state index in [0.717, 1.165) is 6.07 Å². The first-order valence-corrected chi connectivity index (χ1v) is 5.84. The molecule has 0 amide bonds. The van der Waals surface area contributed by atoms with Crippen LogP contribution in [0.15, 0.2) is 18.2 Å². The topological polar surface area (TPSA) is 58.9 Å². The zero-order valence-electron chi connectivity index (χ0n) is 10.6. The summed E-state index contributed by atoms with van der Waals surface area (Å²) in [6, 6.07) is 4.03. The summed E-state index contributed by atoms with van der Waals surface area (Å²) >= 11 is 0. The summed E-state index contributed by atoms with van der Waals surface area (Å²) in [4.78, 5) is 0. The molecule has 4 nitrogen and oxygen atoms in total. The highest BCUT2D eigenvalue weighted by Crippen LogP contribution is 2.07. The molecule has 0 aliphatic heterocycles. The molecule has 0 heterocycles. The summed E-state index contributed by atoms with van der Waals surface area (Å²) < 4.78 is 24.1. The monoisotopic (exact) mass is 256 g/mol. The van der Waals surface area contributed by atoms with Gasteiger partial charge in [-0.1, -0.05) is 12.1 Å². The van der Waals surface area contributed by atoms with Crippen LogP contribution >= 0.6 is 0 Å². The fraction of sp³-hybridized carbons (Fsp3) is 0.500. The van der Waals surface area contributed by atoms with E-state index in [1.165, 1.54) is 12.1 Å². The third kappa shape index (κ3) is 5.14. The van der Waals surface area contributed by atoms with Crippen LogP contribution < -0.4 is 5.46 Å². The van der Waals surface area contributed by atoms with Crippen LogP contribution in [0.2, 0.25) is 0 Å². The lowest BCUT2D eigenvalue weighted by molar-refractivity contribution is 0.0137. The van der Waals surface area contributed by atoms with Crippen molar-refractivity contribution < 1.29 is 23.9 Å². The van der Waals surface area contributed by atoms with E-state index in [0.29, 0.717) is 18.8 Å². The lowest BCUT2D eigenvalue weighted by Gasteiger charge is -2.09. The lowest BCUT2D eigenvalue weighted by Crippen LogP contribution is -2.30. The minimum Gasteiger partial charge on any atom is -0.423 e. The SMILES string of the molecule is CC(C)OCCOCc1ccc(B(O)O)cc1F. The van der Waals surface area contributed by atoms with Crippen LogP contribution in [0.3, 0.4) is 0 Å². The molecule has 100 valence electrons. The average molecular weight is 256 g/mol. The quantitative estimate of drug-likeness (QED) is 0.549. The molecule has 0 aromatic heterocycles. The first kappa shape index (κ1) is 15.1. The van der Waals surface area contributed by atoms with Gasteiger partial charge in [0.1, 0.15) is 5.82 Å². The third-order valence-corrected chi connectivity index (χ3v) is 2.31. The molecular weight excluding hydrogens is 238 g/mol. The number of hydrogen-bond donors (Lipinski definition) is 2. The highest BCUT2D eigenvalue weighted by molar-refractivity contribution is 6.58. The molecule has 0 aliphatic carbocycles. The summed E-state index contributed by atoms with van der Waals surface area (Å²) in [7, 11) is -1.66. The molecule has 0 saturated heterocycles. The summed E-state index contributed by atoms with van der Waals surface area (Å²) in [5.41, 5.74) is 0.503.